The van der Waals surface area contributed by atoms with Crippen LogP contribution in [0.3, 0.4) is 0 Å². The number of halogens is 1. The van der Waals surface area contributed by atoms with E-state index in [0.29, 0.717) is 0 Å². The zero-order valence-corrected chi connectivity index (χ0v) is 9.07. The molecular weight excluding hydrogens is 202 g/mol. The topological polar surface area (TPSA) is 20.2 Å². The Labute approximate surface area is 94.8 Å². The summed E-state index contributed by atoms with van der Waals surface area (Å²) in [7, 11) is 0.0370. The van der Waals surface area contributed by atoms with Gasteiger partial charge in [0.1, 0.15) is 5.82 Å². The Kier molecular flexibility index (Phi) is 3.06. The van der Waals surface area contributed by atoms with E-state index in [1.54, 1.807) is 6.07 Å². The molecular formula is C13H12BFO. The van der Waals surface area contributed by atoms with Crippen LogP contribution in [0.15, 0.2) is 42.5 Å². The highest BCUT2D eigenvalue weighted by molar-refractivity contribution is 6.46. The fourth-order valence-electron chi connectivity index (χ4n) is 1.72. The highest BCUT2D eigenvalue weighted by Gasteiger charge is 2.03. The number of hydrogen-bond acceptors (Lipinski definition) is 1. The minimum atomic E-state index is -0.235. The molecule has 0 aliphatic heterocycles. The van der Waals surface area contributed by atoms with Crippen molar-refractivity contribution in [1.29, 1.82) is 0 Å². The largest absolute Gasteiger partial charge is 0.449 e. The summed E-state index contributed by atoms with van der Waals surface area (Å²) in [5.41, 5.74) is 3.74. The summed E-state index contributed by atoms with van der Waals surface area (Å²) in [5, 5.41) is 9.06. The van der Waals surface area contributed by atoms with Crippen molar-refractivity contribution in [3.8, 4) is 11.1 Å². The van der Waals surface area contributed by atoms with E-state index < -0.39 is 0 Å². The standard InChI is InChI=1S/C13H12BFO/c1-9-7-11(5-6-13(9)14-16)10-3-2-4-12(15)8-10/h2-8,14,16H,1H3. The molecule has 0 spiro atoms. The van der Waals surface area contributed by atoms with Gasteiger partial charge in [-0.15, -0.1) is 0 Å². The van der Waals surface area contributed by atoms with Crippen molar-refractivity contribution >= 4 is 12.9 Å². The van der Waals surface area contributed by atoms with Crippen LogP contribution in [0, 0.1) is 12.7 Å². The van der Waals surface area contributed by atoms with Gasteiger partial charge in [-0.25, -0.2) is 4.39 Å². The SMILES string of the molecule is Cc1cc(-c2cccc(F)c2)ccc1BO. The second kappa shape index (κ2) is 4.50. The molecule has 1 N–H and O–H groups in total. The molecule has 80 valence electrons. The van der Waals surface area contributed by atoms with Crippen molar-refractivity contribution in [2.24, 2.45) is 0 Å². The summed E-state index contributed by atoms with van der Waals surface area (Å²) >= 11 is 0. The number of benzene rings is 2. The molecule has 1 nitrogen and oxygen atoms in total. The van der Waals surface area contributed by atoms with Gasteiger partial charge in [0.15, 0.2) is 0 Å². The van der Waals surface area contributed by atoms with Crippen LogP contribution >= 0.6 is 0 Å². The number of aryl methyl sites for hydroxylation is 1. The lowest BCUT2D eigenvalue weighted by atomic mass is 9.83. The third-order valence-corrected chi connectivity index (χ3v) is 2.67. The molecule has 0 heterocycles. The minimum Gasteiger partial charge on any atom is -0.449 e. The summed E-state index contributed by atoms with van der Waals surface area (Å²) < 4.78 is 13.1. The molecule has 0 aliphatic rings. The molecule has 3 heteroatoms. The smallest absolute Gasteiger partial charge is 0.305 e. The Morgan fingerprint density at radius 2 is 1.81 bits per heavy atom. The van der Waals surface area contributed by atoms with Gasteiger partial charge < -0.3 is 5.02 Å². The molecule has 0 atom stereocenters. The van der Waals surface area contributed by atoms with Crippen molar-refractivity contribution in [2.75, 3.05) is 0 Å². The maximum absolute atomic E-state index is 13.1. The molecule has 0 unspecified atom stereocenters. The summed E-state index contributed by atoms with van der Waals surface area (Å²) in [4.78, 5) is 0. The molecule has 0 saturated heterocycles. The molecule has 2 aromatic carbocycles. The molecule has 0 aromatic heterocycles. The Morgan fingerprint density at radius 1 is 1.06 bits per heavy atom. The monoisotopic (exact) mass is 214 g/mol. The van der Waals surface area contributed by atoms with Gasteiger partial charge in [0, 0.05) is 0 Å². The van der Waals surface area contributed by atoms with E-state index in [1.165, 1.54) is 12.1 Å². The van der Waals surface area contributed by atoms with Crippen molar-refractivity contribution in [1.82, 2.24) is 0 Å². The van der Waals surface area contributed by atoms with Crippen LogP contribution in [0.2, 0.25) is 0 Å². The van der Waals surface area contributed by atoms with Gasteiger partial charge in [-0.2, -0.15) is 0 Å². The lowest BCUT2D eigenvalue weighted by Gasteiger charge is -2.06. The van der Waals surface area contributed by atoms with Crippen LogP contribution in [0.25, 0.3) is 11.1 Å². The first-order chi connectivity index (χ1) is 7.70. The van der Waals surface area contributed by atoms with E-state index in [4.69, 9.17) is 5.02 Å². The number of rotatable bonds is 2. The second-order valence-corrected chi connectivity index (χ2v) is 3.81. The van der Waals surface area contributed by atoms with Gasteiger partial charge >= 0.3 is 7.48 Å². The summed E-state index contributed by atoms with van der Waals surface area (Å²) in [6, 6.07) is 12.2. The maximum atomic E-state index is 13.1. The Bertz CT molecular complexity index is 511. The van der Waals surface area contributed by atoms with Gasteiger partial charge in [-0.3, -0.25) is 0 Å². The van der Waals surface area contributed by atoms with Crippen LogP contribution in [0.1, 0.15) is 5.56 Å². The first-order valence-corrected chi connectivity index (χ1v) is 5.17. The van der Waals surface area contributed by atoms with Crippen LogP contribution in [-0.4, -0.2) is 12.5 Å². The second-order valence-electron chi connectivity index (χ2n) is 3.81. The van der Waals surface area contributed by atoms with Crippen molar-refractivity contribution in [2.45, 2.75) is 6.92 Å². The zero-order chi connectivity index (χ0) is 11.5. The zero-order valence-electron chi connectivity index (χ0n) is 9.07. The molecule has 16 heavy (non-hydrogen) atoms. The fourth-order valence-corrected chi connectivity index (χ4v) is 1.72. The van der Waals surface area contributed by atoms with E-state index in [1.807, 2.05) is 31.2 Å². The van der Waals surface area contributed by atoms with Gasteiger partial charge in [-0.1, -0.05) is 35.9 Å². The molecule has 0 aliphatic carbocycles. The van der Waals surface area contributed by atoms with Crippen LogP contribution < -0.4 is 5.46 Å². The molecule has 0 amide bonds. The van der Waals surface area contributed by atoms with Crippen LogP contribution in [0.5, 0.6) is 0 Å². The van der Waals surface area contributed by atoms with Gasteiger partial charge in [-0.05, 0) is 35.6 Å². The van der Waals surface area contributed by atoms with Gasteiger partial charge in [0.2, 0.25) is 0 Å². The average molecular weight is 214 g/mol. The molecule has 0 fully saturated rings. The van der Waals surface area contributed by atoms with Crippen molar-refractivity contribution in [3.05, 3.63) is 53.8 Å². The first-order valence-electron chi connectivity index (χ1n) is 5.17. The van der Waals surface area contributed by atoms with Crippen molar-refractivity contribution < 1.29 is 9.41 Å². The number of hydrogen-bond donors (Lipinski definition) is 1. The molecule has 0 radical (unpaired) electrons. The van der Waals surface area contributed by atoms with E-state index in [2.05, 4.69) is 0 Å². The Morgan fingerprint density at radius 3 is 2.44 bits per heavy atom. The quantitative estimate of drug-likeness (QED) is 0.755. The Hall–Kier alpha value is -1.61. The van der Waals surface area contributed by atoms with E-state index in [0.717, 1.165) is 22.2 Å². The highest BCUT2D eigenvalue weighted by Crippen LogP contribution is 2.20. The third-order valence-electron chi connectivity index (χ3n) is 2.67. The van der Waals surface area contributed by atoms with Crippen molar-refractivity contribution in [3.63, 3.8) is 0 Å². The van der Waals surface area contributed by atoms with E-state index >= 15 is 0 Å². The Balaban J connectivity index is 2.45. The van der Waals surface area contributed by atoms with E-state index in [9.17, 15) is 4.39 Å². The highest BCUT2D eigenvalue weighted by atomic mass is 19.1. The molecule has 0 saturated carbocycles. The maximum Gasteiger partial charge on any atom is 0.305 e. The van der Waals surface area contributed by atoms with Crippen LogP contribution in [0.4, 0.5) is 4.39 Å². The minimum absolute atomic E-state index is 0.0370. The summed E-state index contributed by atoms with van der Waals surface area (Å²) in [5.74, 6) is -0.235. The molecule has 2 aromatic rings. The molecule has 2 rings (SSSR count). The summed E-state index contributed by atoms with van der Waals surface area (Å²) in [6.07, 6.45) is 0. The van der Waals surface area contributed by atoms with Crippen LogP contribution in [-0.2, 0) is 0 Å². The first kappa shape index (κ1) is 10.9. The third kappa shape index (κ3) is 2.14. The molecule has 0 bridgehead atoms. The lowest BCUT2D eigenvalue weighted by Crippen LogP contribution is -2.16. The predicted octanol–water partition coefficient (Wildman–Crippen LogP) is 1.77. The lowest BCUT2D eigenvalue weighted by molar-refractivity contribution is 0.615. The van der Waals surface area contributed by atoms with E-state index in [-0.39, 0.29) is 13.3 Å². The summed E-state index contributed by atoms with van der Waals surface area (Å²) in [6.45, 7) is 1.94. The fraction of sp³-hybridized carbons (Fsp3) is 0.0769. The van der Waals surface area contributed by atoms with Gasteiger partial charge in [0.25, 0.3) is 0 Å². The van der Waals surface area contributed by atoms with Gasteiger partial charge in [0.05, 0.1) is 0 Å². The predicted molar refractivity (Wildman–Crippen MR) is 65.6 cm³/mol. The normalized spacial score (nSPS) is 10.2. The average Bonchev–Trinajstić information content (AvgIpc) is 2.29.